The smallest absolute Gasteiger partial charge is 0.244 e. The van der Waals surface area contributed by atoms with Gasteiger partial charge in [0.2, 0.25) is 10.0 Å². The summed E-state index contributed by atoms with van der Waals surface area (Å²) in [6.07, 6.45) is 5.73. The summed E-state index contributed by atoms with van der Waals surface area (Å²) in [6, 6.07) is 0. The molecule has 1 aliphatic carbocycles. The Hall–Kier alpha value is -0.920. The van der Waals surface area contributed by atoms with Gasteiger partial charge in [-0.05, 0) is 26.2 Å². The van der Waals surface area contributed by atoms with Gasteiger partial charge in [0.25, 0.3) is 0 Å². The van der Waals surface area contributed by atoms with E-state index in [-0.39, 0.29) is 10.4 Å². The summed E-state index contributed by atoms with van der Waals surface area (Å²) in [5, 5.41) is 3.96. The number of hydrogen-bond acceptors (Lipinski definition) is 4. The monoisotopic (exact) mass is 258 g/mol. The van der Waals surface area contributed by atoms with Crippen LogP contribution in [0.1, 0.15) is 26.2 Å². The maximum absolute atomic E-state index is 12.1. The van der Waals surface area contributed by atoms with Gasteiger partial charge in [0.05, 0.1) is 12.7 Å². The van der Waals surface area contributed by atoms with E-state index in [1.807, 2.05) is 6.92 Å². The lowest BCUT2D eigenvalue weighted by molar-refractivity contribution is 0.248. The Morgan fingerprint density at radius 1 is 1.59 bits per heavy atom. The number of hydrogen-bond donors (Lipinski definition) is 2. The van der Waals surface area contributed by atoms with Gasteiger partial charge in [-0.25, -0.2) is 13.1 Å². The van der Waals surface area contributed by atoms with Crippen molar-refractivity contribution in [2.45, 2.75) is 43.2 Å². The number of nitrogens with two attached hydrogens (primary N) is 1. The van der Waals surface area contributed by atoms with E-state index in [0.29, 0.717) is 13.1 Å². The quantitative estimate of drug-likeness (QED) is 0.781. The molecule has 1 heterocycles. The predicted molar refractivity (Wildman–Crippen MR) is 63.9 cm³/mol. The fourth-order valence-electron chi connectivity index (χ4n) is 1.93. The molecule has 1 aromatic rings. The van der Waals surface area contributed by atoms with Gasteiger partial charge in [0.15, 0.2) is 0 Å². The van der Waals surface area contributed by atoms with Gasteiger partial charge in [-0.2, -0.15) is 5.10 Å². The number of sulfonamides is 1. The second kappa shape index (κ2) is 4.40. The van der Waals surface area contributed by atoms with Gasteiger partial charge in [0, 0.05) is 18.3 Å². The highest BCUT2D eigenvalue weighted by molar-refractivity contribution is 7.89. The number of nitrogens with zero attached hydrogens (tertiary/aromatic N) is 2. The van der Waals surface area contributed by atoms with Crippen molar-refractivity contribution in [3.63, 3.8) is 0 Å². The van der Waals surface area contributed by atoms with Crippen molar-refractivity contribution in [3.05, 3.63) is 12.4 Å². The van der Waals surface area contributed by atoms with Crippen LogP contribution in [0.5, 0.6) is 0 Å². The molecule has 96 valence electrons. The maximum Gasteiger partial charge on any atom is 0.244 e. The summed E-state index contributed by atoms with van der Waals surface area (Å²) in [7, 11) is -3.45. The van der Waals surface area contributed by atoms with Gasteiger partial charge in [-0.1, -0.05) is 0 Å². The topological polar surface area (TPSA) is 90.0 Å². The molecule has 0 aliphatic heterocycles. The normalized spacial score (nSPS) is 18.9. The third kappa shape index (κ3) is 2.67. The van der Waals surface area contributed by atoms with E-state index in [1.165, 1.54) is 17.1 Å². The van der Waals surface area contributed by atoms with Crippen LogP contribution < -0.4 is 10.5 Å². The fraction of sp³-hybridized carbons (Fsp3) is 0.700. The zero-order valence-corrected chi connectivity index (χ0v) is 10.7. The largest absolute Gasteiger partial charge is 0.329 e. The molecule has 0 bridgehead atoms. The molecule has 3 N–H and O–H groups in total. The molecule has 1 aliphatic rings. The second-order valence-corrected chi connectivity index (χ2v) is 6.43. The molecule has 0 unspecified atom stereocenters. The molecule has 0 radical (unpaired) electrons. The molecule has 17 heavy (non-hydrogen) atoms. The summed E-state index contributed by atoms with van der Waals surface area (Å²) in [4.78, 5) is 0.207. The van der Waals surface area contributed by atoms with E-state index < -0.39 is 10.0 Å². The van der Waals surface area contributed by atoms with E-state index in [0.717, 1.165) is 19.3 Å². The summed E-state index contributed by atoms with van der Waals surface area (Å²) < 4.78 is 28.4. The van der Waals surface area contributed by atoms with E-state index >= 15 is 0 Å². The lowest BCUT2D eigenvalue weighted by Crippen LogP contribution is -2.50. The van der Waals surface area contributed by atoms with Crippen LogP contribution in [0.15, 0.2) is 17.3 Å². The summed E-state index contributed by atoms with van der Waals surface area (Å²) in [5.41, 5.74) is 5.10. The van der Waals surface area contributed by atoms with Crippen LogP contribution >= 0.6 is 0 Å². The molecule has 0 spiro atoms. The Morgan fingerprint density at radius 2 is 2.29 bits per heavy atom. The van der Waals surface area contributed by atoms with Crippen molar-refractivity contribution in [2.24, 2.45) is 5.73 Å². The molecule has 0 atom stereocenters. The van der Waals surface area contributed by atoms with E-state index in [9.17, 15) is 8.42 Å². The Bertz CT molecular complexity index is 490. The lowest BCUT2D eigenvalue weighted by Gasteiger charge is -2.38. The van der Waals surface area contributed by atoms with Gasteiger partial charge >= 0.3 is 0 Å². The van der Waals surface area contributed by atoms with Crippen LogP contribution in [0.2, 0.25) is 0 Å². The van der Waals surface area contributed by atoms with Crippen LogP contribution in [0.25, 0.3) is 0 Å². The van der Waals surface area contributed by atoms with E-state index in [2.05, 4.69) is 9.82 Å². The molecule has 0 amide bonds. The highest BCUT2D eigenvalue weighted by Gasteiger charge is 2.36. The van der Waals surface area contributed by atoms with Crippen LogP contribution in [-0.4, -0.2) is 30.3 Å². The van der Waals surface area contributed by atoms with Crippen molar-refractivity contribution < 1.29 is 8.42 Å². The first kappa shape index (κ1) is 12.5. The Morgan fingerprint density at radius 3 is 2.82 bits per heavy atom. The molecular weight excluding hydrogens is 240 g/mol. The SMILES string of the molecule is CC1(NS(=O)(=O)c2cnn(CCN)c2)CCC1. The first-order valence-corrected chi connectivity index (χ1v) is 7.20. The van der Waals surface area contributed by atoms with Crippen LogP contribution in [0.3, 0.4) is 0 Å². The van der Waals surface area contributed by atoms with Crippen LogP contribution in [0.4, 0.5) is 0 Å². The molecule has 0 aromatic carbocycles. The van der Waals surface area contributed by atoms with E-state index in [4.69, 9.17) is 5.73 Å². The molecule has 1 saturated carbocycles. The highest BCUT2D eigenvalue weighted by atomic mass is 32.2. The number of rotatable bonds is 5. The zero-order chi connectivity index (χ0) is 12.5. The second-order valence-electron chi connectivity index (χ2n) is 4.75. The van der Waals surface area contributed by atoms with Crippen molar-refractivity contribution in [1.29, 1.82) is 0 Å². The minimum atomic E-state index is -3.45. The van der Waals surface area contributed by atoms with E-state index in [1.54, 1.807) is 0 Å². The molecule has 2 rings (SSSR count). The van der Waals surface area contributed by atoms with Crippen LogP contribution in [0, 0.1) is 0 Å². The first-order chi connectivity index (χ1) is 7.95. The van der Waals surface area contributed by atoms with Gasteiger partial charge in [0.1, 0.15) is 4.90 Å². The standard InChI is InChI=1S/C10H18N4O2S/c1-10(3-2-4-10)13-17(15,16)9-7-12-14(8-9)6-5-11/h7-8,13H,2-6,11H2,1H3. The molecular formula is C10H18N4O2S. The summed E-state index contributed by atoms with van der Waals surface area (Å²) in [6.45, 7) is 2.89. The molecule has 1 fully saturated rings. The lowest BCUT2D eigenvalue weighted by atomic mass is 9.80. The molecule has 1 aromatic heterocycles. The summed E-state index contributed by atoms with van der Waals surface area (Å²) in [5.74, 6) is 0. The van der Waals surface area contributed by atoms with Gasteiger partial charge < -0.3 is 5.73 Å². The minimum absolute atomic E-state index is 0.207. The van der Waals surface area contributed by atoms with Gasteiger partial charge in [-0.3, -0.25) is 4.68 Å². The maximum atomic E-state index is 12.1. The average Bonchev–Trinajstić information content (AvgIpc) is 2.65. The van der Waals surface area contributed by atoms with Gasteiger partial charge in [-0.15, -0.1) is 0 Å². The number of nitrogens with one attached hydrogen (secondary N) is 1. The number of aromatic nitrogens is 2. The van der Waals surface area contributed by atoms with Crippen molar-refractivity contribution >= 4 is 10.0 Å². The first-order valence-electron chi connectivity index (χ1n) is 5.72. The third-order valence-electron chi connectivity index (χ3n) is 3.12. The zero-order valence-electron chi connectivity index (χ0n) is 9.89. The van der Waals surface area contributed by atoms with Crippen molar-refractivity contribution in [1.82, 2.24) is 14.5 Å². The van der Waals surface area contributed by atoms with Crippen LogP contribution in [-0.2, 0) is 16.6 Å². The third-order valence-corrected chi connectivity index (χ3v) is 4.71. The Labute approximate surface area is 101 Å². The average molecular weight is 258 g/mol. The van der Waals surface area contributed by atoms with Crippen molar-refractivity contribution in [3.8, 4) is 0 Å². The fourth-order valence-corrected chi connectivity index (χ4v) is 3.35. The molecule has 0 saturated heterocycles. The minimum Gasteiger partial charge on any atom is -0.329 e. The highest BCUT2D eigenvalue weighted by Crippen LogP contribution is 2.32. The summed E-state index contributed by atoms with van der Waals surface area (Å²) >= 11 is 0. The predicted octanol–water partition coefficient (Wildman–Crippen LogP) is 0.0627. The Balaban J connectivity index is 2.13. The molecule has 7 heteroatoms. The Kier molecular flexibility index (Phi) is 3.24. The van der Waals surface area contributed by atoms with Crippen molar-refractivity contribution in [2.75, 3.05) is 6.54 Å². The molecule has 6 nitrogen and oxygen atoms in total.